The second-order valence-corrected chi connectivity index (χ2v) is 8.74. The number of amides is 1. The van der Waals surface area contributed by atoms with Crippen molar-refractivity contribution in [2.24, 2.45) is 0 Å². The van der Waals surface area contributed by atoms with Gasteiger partial charge in [0.1, 0.15) is 18.1 Å². The minimum absolute atomic E-state index is 0.0784. The topological polar surface area (TPSA) is 84.7 Å². The molecule has 0 saturated carbocycles. The van der Waals surface area contributed by atoms with E-state index in [0.717, 1.165) is 4.47 Å². The predicted octanol–water partition coefficient (Wildman–Crippen LogP) is 4.72. The van der Waals surface area contributed by atoms with Crippen molar-refractivity contribution in [2.45, 2.75) is 19.0 Å². The second-order valence-electron chi connectivity index (χ2n) is 7.82. The van der Waals surface area contributed by atoms with Gasteiger partial charge in [-0.05, 0) is 36.2 Å². The average molecular weight is 522 g/mol. The standard InChI is InChI=1S/C26H24BrN3O4/c1-2-16-34-21-10-6-18(7-11-21)23-22(24(31)19-4-8-20(27)9-5-19)25(32)26(33)30(23)14-3-13-29-15-12-28-17-29/h2,4-12,15,17,23,31H,1,3,13-14,16H2/t23-/m1/s1. The van der Waals surface area contributed by atoms with Gasteiger partial charge in [0.2, 0.25) is 0 Å². The first-order chi connectivity index (χ1) is 16.5. The molecule has 8 heteroatoms. The summed E-state index contributed by atoms with van der Waals surface area (Å²) in [5.41, 5.74) is 1.26. The van der Waals surface area contributed by atoms with E-state index in [9.17, 15) is 14.7 Å². The molecule has 4 rings (SSSR count). The molecule has 1 atom stereocenters. The summed E-state index contributed by atoms with van der Waals surface area (Å²) in [6.07, 6.45) is 7.53. The normalized spacial score (nSPS) is 17.2. The summed E-state index contributed by atoms with van der Waals surface area (Å²) in [6.45, 7) is 5.01. The van der Waals surface area contributed by atoms with Gasteiger partial charge in [0, 0.05) is 35.5 Å². The van der Waals surface area contributed by atoms with Gasteiger partial charge in [-0.3, -0.25) is 9.59 Å². The smallest absolute Gasteiger partial charge is 0.295 e. The fraction of sp³-hybridized carbons (Fsp3) is 0.192. The van der Waals surface area contributed by atoms with Crippen LogP contribution in [-0.4, -0.2) is 44.4 Å². The van der Waals surface area contributed by atoms with Crippen molar-refractivity contribution in [3.8, 4) is 5.75 Å². The maximum absolute atomic E-state index is 13.1. The first-order valence-corrected chi connectivity index (χ1v) is 11.6. The Kier molecular flexibility index (Phi) is 7.27. The zero-order chi connectivity index (χ0) is 24.1. The zero-order valence-corrected chi connectivity index (χ0v) is 20.0. The van der Waals surface area contributed by atoms with Gasteiger partial charge in [-0.1, -0.05) is 52.9 Å². The number of halogens is 1. The van der Waals surface area contributed by atoms with Crippen LogP contribution in [0.15, 0.2) is 90.0 Å². The van der Waals surface area contributed by atoms with Crippen LogP contribution in [0.5, 0.6) is 5.75 Å². The summed E-state index contributed by atoms with van der Waals surface area (Å²) in [4.78, 5) is 31.7. The van der Waals surface area contributed by atoms with Gasteiger partial charge in [-0.2, -0.15) is 0 Å². The van der Waals surface area contributed by atoms with Crippen LogP contribution < -0.4 is 4.74 Å². The molecule has 2 heterocycles. The van der Waals surface area contributed by atoms with E-state index in [1.54, 1.807) is 55.0 Å². The maximum Gasteiger partial charge on any atom is 0.295 e. The number of aryl methyl sites for hydroxylation is 1. The average Bonchev–Trinajstić information content (AvgIpc) is 3.45. The minimum atomic E-state index is -0.708. The van der Waals surface area contributed by atoms with E-state index in [-0.39, 0.29) is 11.3 Å². The number of rotatable bonds is 9. The number of hydrogen-bond donors (Lipinski definition) is 1. The highest BCUT2D eigenvalue weighted by Crippen LogP contribution is 2.40. The molecule has 174 valence electrons. The van der Waals surface area contributed by atoms with Crippen molar-refractivity contribution in [3.05, 3.63) is 101 Å². The van der Waals surface area contributed by atoms with E-state index >= 15 is 0 Å². The Morgan fingerprint density at radius 3 is 2.50 bits per heavy atom. The molecular formula is C26H24BrN3O4. The molecule has 34 heavy (non-hydrogen) atoms. The Hall–Kier alpha value is -3.65. The van der Waals surface area contributed by atoms with Gasteiger partial charge < -0.3 is 19.3 Å². The quantitative estimate of drug-likeness (QED) is 0.190. The molecule has 0 bridgehead atoms. The van der Waals surface area contributed by atoms with E-state index < -0.39 is 17.7 Å². The van der Waals surface area contributed by atoms with Crippen LogP contribution in [0.4, 0.5) is 0 Å². The molecule has 1 aliphatic heterocycles. The van der Waals surface area contributed by atoms with Crippen molar-refractivity contribution in [3.63, 3.8) is 0 Å². The number of imidazole rings is 1. The fourth-order valence-corrected chi connectivity index (χ4v) is 4.23. The molecule has 0 spiro atoms. The van der Waals surface area contributed by atoms with Crippen molar-refractivity contribution < 1.29 is 19.4 Å². The Morgan fingerprint density at radius 1 is 1.12 bits per heavy atom. The molecule has 1 aliphatic rings. The van der Waals surface area contributed by atoms with Crippen LogP contribution in [0.1, 0.15) is 23.6 Å². The third-order valence-electron chi connectivity index (χ3n) is 5.60. The molecule has 0 aliphatic carbocycles. The van der Waals surface area contributed by atoms with Crippen LogP contribution in [0, 0.1) is 0 Å². The lowest BCUT2D eigenvalue weighted by atomic mass is 9.95. The Labute approximate surface area is 206 Å². The van der Waals surface area contributed by atoms with Gasteiger partial charge in [0.15, 0.2) is 0 Å². The lowest BCUT2D eigenvalue weighted by Crippen LogP contribution is -2.31. The van der Waals surface area contributed by atoms with Gasteiger partial charge in [-0.15, -0.1) is 0 Å². The number of ketones is 1. The highest BCUT2D eigenvalue weighted by Gasteiger charge is 2.45. The molecule has 3 aromatic rings. The SMILES string of the molecule is C=CCOc1ccc([C@@H]2C(=C(O)c3ccc(Br)cc3)C(=O)C(=O)N2CCCn2ccnc2)cc1. The Bertz CT molecular complexity index is 1200. The van der Waals surface area contributed by atoms with Crippen LogP contribution in [-0.2, 0) is 16.1 Å². The lowest BCUT2D eigenvalue weighted by molar-refractivity contribution is -0.139. The van der Waals surface area contributed by atoms with Gasteiger partial charge in [-0.25, -0.2) is 4.98 Å². The van der Waals surface area contributed by atoms with Crippen molar-refractivity contribution >= 4 is 33.4 Å². The maximum atomic E-state index is 13.1. The second kappa shape index (κ2) is 10.5. The number of aliphatic hydroxyl groups excluding tert-OH is 1. The molecule has 0 unspecified atom stereocenters. The number of benzene rings is 2. The first kappa shape index (κ1) is 23.5. The van der Waals surface area contributed by atoms with Crippen LogP contribution >= 0.6 is 15.9 Å². The molecule has 1 saturated heterocycles. The van der Waals surface area contributed by atoms with Crippen molar-refractivity contribution in [2.75, 3.05) is 13.2 Å². The first-order valence-electron chi connectivity index (χ1n) is 10.8. The number of nitrogens with zero attached hydrogens (tertiary/aromatic N) is 3. The molecule has 2 aromatic carbocycles. The number of Topliss-reactive ketones (excluding diaryl/α,β-unsaturated/α-hetero) is 1. The Balaban J connectivity index is 1.70. The van der Waals surface area contributed by atoms with Crippen LogP contribution in [0.3, 0.4) is 0 Å². The number of aliphatic hydroxyl groups is 1. The highest BCUT2D eigenvalue weighted by molar-refractivity contribution is 9.10. The summed E-state index contributed by atoms with van der Waals surface area (Å²) in [7, 11) is 0. The van der Waals surface area contributed by atoms with Crippen LogP contribution in [0.25, 0.3) is 5.76 Å². The van der Waals surface area contributed by atoms with Crippen molar-refractivity contribution in [1.82, 2.24) is 14.5 Å². The molecule has 1 fully saturated rings. The fourth-order valence-electron chi connectivity index (χ4n) is 3.96. The molecular weight excluding hydrogens is 498 g/mol. The summed E-state index contributed by atoms with van der Waals surface area (Å²) in [5.74, 6) is -0.866. The summed E-state index contributed by atoms with van der Waals surface area (Å²) in [5, 5.41) is 11.1. The van der Waals surface area contributed by atoms with Crippen LogP contribution in [0.2, 0.25) is 0 Å². The number of carbonyl (C=O) groups excluding carboxylic acids is 2. The third-order valence-corrected chi connectivity index (χ3v) is 6.12. The molecule has 7 nitrogen and oxygen atoms in total. The molecule has 0 radical (unpaired) electrons. The molecule has 1 amide bonds. The highest BCUT2D eigenvalue weighted by atomic mass is 79.9. The van der Waals surface area contributed by atoms with E-state index in [1.807, 2.05) is 22.9 Å². The van der Waals surface area contributed by atoms with E-state index in [1.165, 1.54) is 4.90 Å². The lowest BCUT2D eigenvalue weighted by Gasteiger charge is -2.25. The van der Waals surface area contributed by atoms with Gasteiger partial charge >= 0.3 is 0 Å². The van der Waals surface area contributed by atoms with E-state index in [0.29, 0.717) is 43.0 Å². The summed E-state index contributed by atoms with van der Waals surface area (Å²) < 4.78 is 8.32. The number of carbonyl (C=O) groups is 2. The molecule has 1 N–H and O–H groups in total. The third kappa shape index (κ3) is 4.97. The number of likely N-dealkylation sites (tertiary alicyclic amines) is 1. The summed E-state index contributed by atoms with van der Waals surface area (Å²) in [6, 6.07) is 13.4. The predicted molar refractivity (Wildman–Crippen MR) is 132 cm³/mol. The summed E-state index contributed by atoms with van der Waals surface area (Å²) >= 11 is 3.38. The number of ether oxygens (including phenoxy) is 1. The number of aromatic nitrogens is 2. The Morgan fingerprint density at radius 2 is 1.85 bits per heavy atom. The van der Waals surface area contributed by atoms with Gasteiger partial charge in [0.25, 0.3) is 11.7 Å². The van der Waals surface area contributed by atoms with E-state index in [2.05, 4.69) is 27.5 Å². The largest absolute Gasteiger partial charge is 0.507 e. The monoisotopic (exact) mass is 521 g/mol. The molecule has 1 aromatic heterocycles. The number of hydrogen-bond acceptors (Lipinski definition) is 5. The van der Waals surface area contributed by atoms with E-state index in [4.69, 9.17) is 4.74 Å². The van der Waals surface area contributed by atoms with Gasteiger partial charge in [0.05, 0.1) is 17.9 Å². The van der Waals surface area contributed by atoms with Crippen molar-refractivity contribution in [1.29, 1.82) is 0 Å². The zero-order valence-electron chi connectivity index (χ0n) is 18.4. The minimum Gasteiger partial charge on any atom is -0.507 e.